The maximum atomic E-state index is 12.8. The van der Waals surface area contributed by atoms with Crippen molar-refractivity contribution in [2.45, 2.75) is 11.5 Å². The van der Waals surface area contributed by atoms with Crippen molar-refractivity contribution in [1.82, 2.24) is 4.98 Å². The summed E-state index contributed by atoms with van der Waals surface area (Å²) >= 11 is 0. The molecule has 0 aliphatic carbocycles. The minimum atomic E-state index is -1.31. The number of aromatic hydroxyl groups is 1. The highest BCUT2D eigenvalue weighted by atomic mass is 32.2. The minimum absolute atomic E-state index is 0.0665. The van der Waals surface area contributed by atoms with Crippen molar-refractivity contribution in [1.29, 1.82) is 0 Å². The van der Waals surface area contributed by atoms with Gasteiger partial charge < -0.3 is 21.3 Å². The fourth-order valence-corrected chi connectivity index (χ4v) is 5.18. The Morgan fingerprint density at radius 2 is 1.44 bits per heavy atom. The molecule has 45 heavy (non-hydrogen) atoms. The van der Waals surface area contributed by atoms with Gasteiger partial charge in [0.25, 0.3) is 11.8 Å². The van der Waals surface area contributed by atoms with E-state index in [0.29, 0.717) is 44.5 Å². The second kappa shape index (κ2) is 13.5. The van der Waals surface area contributed by atoms with Gasteiger partial charge in [-0.3, -0.25) is 14.3 Å². The molecule has 11 nitrogen and oxygen atoms in total. The smallest absolute Gasteiger partial charge is 0.342 e. The standard InChI is InChI=1S/C22H16N2O5.C11H11N3OS/c23-14-9-10-19(25)17(11-14)22(28)29-12-13-5-1-4-8-18(13)24-20(26)15-6-2-3-7-16(15)21(24)27;12-9-4-6-10(7-5-9)16(15)14-11-3-1-2-8-13-11/h1-11,25H,12,23H2;1-8H,12H2,(H,13,14). The molecule has 6 N–H and O–H groups in total. The van der Waals surface area contributed by atoms with Crippen LogP contribution in [-0.2, 0) is 22.3 Å². The fourth-order valence-electron chi connectivity index (χ4n) is 4.37. The van der Waals surface area contributed by atoms with Crippen LogP contribution in [0.15, 0.2) is 120 Å². The van der Waals surface area contributed by atoms with Gasteiger partial charge in [0.05, 0.1) is 21.7 Å². The van der Waals surface area contributed by atoms with Crippen LogP contribution in [0.25, 0.3) is 0 Å². The molecule has 6 rings (SSSR count). The summed E-state index contributed by atoms with van der Waals surface area (Å²) in [6.45, 7) is -0.198. The number of carbonyl (C=O) groups excluding carboxylic acids is 3. The van der Waals surface area contributed by atoms with E-state index < -0.39 is 28.8 Å². The van der Waals surface area contributed by atoms with Gasteiger partial charge in [-0.1, -0.05) is 36.4 Å². The Hall–Kier alpha value is -6.01. The van der Waals surface area contributed by atoms with E-state index in [-0.39, 0.29) is 17.9 Å². The number of aromatic nitrogens is 1. The van der Waals surface area contributed by atoms with Gasteiger partial charge in [0.2, 0.25) is 0 Å². The molecule has 4 aromatic carbocycles. The van der Waals surface area contributed by atoms with Gasteiger partial charge in [0, 0.05) is 23.1 Å². The van der Waals surface area contributed by atoms with Crippen LogP contribution < -0.4 is 21.1 Å². The third-order valence-corrected chi connectivity index (χ3v) is 7.68. The lowest BCUT2D eigenvalue weighted by Crippen LogP contribution is -2.30. The highest BCUT2D eigenvalue weighted by Crippen LogP contribution is 2.31. The third-order valence-electron chi connectivity index (χ3n) is 6.58. The van der Waals surface area contributed by atoms with Crippen molar-refractivity contribution in [3.05, 3.63) is 138 Å². The molecular formula is C33H27N5O6S. The van der Waals surface area contributed by atoms with Crippen LogP contribution in [0.1, 0.15) is 36.6 Å². The van der Waals surface area contributed by atoms with Crippen LogP contribution >= 0.6 is 0 Å². The number of esters is 1. The summed E-state index contributed by atoms with van der Waals surface area (Å²) in [6.07, 6.45) is 1.64. The number of phenolic OH excluding ortho intramolecular Hbond substituents is 1. The summed E-state index contributed by atoms with van der Waals surface area (Å²) in [5, 5.41) is 9.85. The van der Waals surface area contributed by atoms with Gasteiger partial charge in [0.15, 0.2) is 11.0 Å². The number of para-hydroxylation sites is 1. The molecule has 226 valence electrons. The van der Waals surface area contributed by atoms with Crippen LogP contribution in [0.5, 0.6) is 5.75 Å². The number of nitrogens with two attached hydrogens (primary N) is 2. The SMILES string of the molecule is Nc1ccc(O)c(C(=O)OCc2ccccc2N2C(=O)c3ccccc3C2=O)c1.Nc1ccc(S(=O)Nc2ccccn2)cc1. The van der Waals surface area contributed by atoms with Crippen LogP contribution in [0, 0.1) is 0 Å². The normalized spacial score (nSPS) is 12.5. The zero-order valence-corrected chi connectivity index (χ0v) is 24.4. The quantitative estimate of drug-likeness (QED) is 0.0849. The second-order valence-corrected chi connectivity index (χ2v) is 10.8. The molecular weight excluding hydrogens is 594 g/mol. The van der Waals surface area contributed by atoms with Crippen LogP contribution in [0.2, 0.25) is 0 Å². The maximum absolute atomic E-state index is 12.8. The molecule has 0 saturated carbocycles. The van der Waals surface area contributed by atoms with Gasteiger partial charge in [-0.25, -0.2) is 18.9 Å². The molecule has 0 saturated heterocycles. The Balaban J connectivity index is 0.000000211. The molecule has 2 amide bonds. The van der Waals surface area contributed by atoms with E-state index in [1.807, 2.05) is 6.07 Å². The van der Waals surface area contributed by atoms with E-state index in [0.717, 1.165) is 4.90 Å². The van der Waals surface area contributed by atoms with Crippen molar-refractivity contribution in [3.8, 4) is 5.75 Å². The van der Waals surface area contributed by atoms with Gasteiger partial charge >= 0.3 is 5.97 Å². The molecule has 1 aliphatic heterocycles. The molecule has 5 aromatic rings. The zero-order valence-electron chi connectivity index (χ0n) is 23.6. The largest absolute Gasteiger partial charge is 0.507 e. The van der Waals surface area contributed by atoms with Crippen molar-refractivity contribution >= 4 is 51.6 Å². The van der Waals surface area contributed by atoms with E-state index in [2.05, 4.69) is 9.71 Å². The number of phenols is 1. The zero-order chi connectivity index (χ0) is 31.9. The first-order valence-corrected chi connectivity index (χ1v) is 14.6. The number of fused-ring (bicyclic) bond motifs is 1. The lowest BCUT2D eigenvalue weighted by Gasteiger charge is -2.18. The molecule has 1 aromatic heterocycles. The maximum Gasteiger partial charge on any atom is 0.342 e. The molecule has 1 atom stereocenters. The molecule has 0 spiro atoms. The van der Waals surface area contributed by atoms with Crippen LogP contribution in [0.4, 0.5) is 22.9 Å². The number of ether oxygens (including phenoxy) is 1. The Labute approximate surface area is 260 Å². The van der Waals surface area contributed by atoms with E-state index in [9.17, 15) is 23.7 Å². The molecule has 0 bridgehead atoms. The van der Waals surface area contributed by atoms with E-state index in [1.54, 1.807) is 91.1 Å². The lowest BCUT2D eigenvalue weighted by molar-refractivity contribution is 0.0470. The molecule has 2 heterocycles. The number of pyridine rings is 1. The molecule has 0 fully saturated rings. The van der Waals surface area contributed by atoms with E-state index >= 15 is 0 Å². The monoisotopic (exact) mass is 621 g/mol. The van der Waals surface area contributed by atoms with Gasteiger partial charge in [-0.05, 0) is 72.8 Å². The summed E-state index contributed by atoms with van der Waals surface area (Å²) in [5.74, 6) is -1.31. The molecule has 1 aliphatic rings. The average molecular weight is 622 g/mol. The number of nitrogens with zero attached hydrogens (tertiary/aromatic N) is 2. The number of imide groups is 1. The Morgan fingerprint density at radius 1 is 0.822 bits per heavy atom. The topological polar surface area (TPSA) is 178 Å². The van der Waals surface area contributed by atoms with Crippen LogP contribution in [-0.4, -0.2) is 32.1 Å². The number of hydrogen-bond donors (Lipinski definition) is 4. The van der Waals surface area contributed by atoms with Crippen molar-refractivity contribution in [2.24, 2.45) is 0 Å². The van der Waals surface area contributed by atoms with Gasteiger partial charge in [0.1, 0.15) is 23.7 Å². The van der Waals surface area contributed by atoms with Crippen molar-refractivity contribution in [2.75, 3.05) is 21.1 Å². The summed E-state index contributed by atoms with van der Waals surface area (Å²) in [5.41, 5.74) is 13.6. The number of hydrogen-bond acceptors (Lipinski definition) is 9. The predicted octanol–water partition coefficient (Wildman–Crippen LogP) is 4.93. The van der Waals surface area contributed by atoms with Gasteiger partial charge in [-0.15, -0.1) is 0 Å². The molecule has 0 radical (unpaired) electrons. The number of benzene rings is 4. The molecule has 12 heteroatoms. The average Bonchev–Trinajstić information content (AvgIpc) is 3.31. The lowest BCUT2D eigenvalue weighted by atomic mass is 10.1. The van der Waals surface area contributed by atoms with Crippen molar-refractivity contribution in [3.63, 3.8) is 0 Å². The van der Waals surface area contributed by atoms with E-state index in [4.69, 9.17) is 16.2 Å². The number of nitrogens with one attached hydrogen (secondary N) is 1. The number of rotatable bonds is 7. The predicted molar refractivity (Wildman–Crippen MR) is 171 cm³/mol. The van der Waals surface area contributed by atoms with Crippen molar-refractivity contribution < 1.29 is 28.4 Å². The van der Waals surface area contributed by atoms with Gasteiger partial charge in [-0.2, -0.15) is 0 Å². The Kier molecular flexibility index (Phi) is 9.15. The summed E-state index contributed by atoms with van der Waals surface area (Å²) < 4.78 is 19.9. The second-order valence-electron chi connectivity index (χ2n) is 9.63. The highest BCUT2D eigenvalue weighted by molar-refractivity contribution is 7.86. The number of amides is 2. The minimum Gasteiger partial charge on any atom is -0.507 e. The van der Waals surface area contributed by atoms with Crippen LogP contribution in [0.3, 0.4) is 0 Å². The number of carbonyl (C=O) groups is 3. The fraction of sp³-hybridized carbons (Fsp3) is 0.0303. The molecule has 1 unspecified atom stereocenters. The first kappa shape index (κ1) is 30.4. The summed E-state index contributed by atoms with van der Waals surface area (Å²) in [4.78, 5) is 43.6. The summed E-state index contributed by atoms with van der Waals surface area (Å²) in [7, 11) is -1.31. The Bertz CT molecular complexity index is 1870. The Morgan fingerprint density at radius 3 is 2.11 bits per heavy atom. The van der Waals surface area contributed by atoms with E-state index in [1.165, 1.54) is 18.2 Å². The summed E-state index contributed by atoms with van der Waals surface area (Å²) in [6, 6.07) is 29.6. The number of anilines is 4. The third kappa shape index (κ3) is 6.98. The first-order valence-electron chi connectivity index (χ1n) is 13.5. The number of nitrogen functional groups attached to an aromatic ring is 2. The highest BCUT2D eigenvalue weighted by Gasteiger charge is 2.37. The first-order chi connectivity index (χ1) is 21.7.